The second kappa shape index (κ2) is 7.18. The topological polar surface area (TPSA) is 58.6 Å². The van der Waals surface area contributed by atoms with Gasteiger partial charge in [0.1, 0.15) is 11.5 Å². The normalized spacial score (nSPS) is 11.1. The summed E-state index contributed by atoms with van der Waals surface area (Å²) in [6, 6.07) is 14.2. The van der Waals surface area contributed by atoms with E-state index < -0.39 is 0 Å². The number of phenols is 1. The summed E-state index contributed by atoms with van der Waals surface area (Å²) in [5.41, 5.74) is 1.92. The Labute approximate surface area is 137 Å². The SMILES string of the molecule is CCC(C)(C)c1ccc(OCC(=O)Nc2cccc(O)c2)cc1. The molecule has 0 aliphatic rings. The molecule has 0 unspecified atom stereocenters. The van der Waals surface area contributed by atoms with Crippen LogP contribution in [0.15, 0.2) is 48.5 Å². The van der Waals surface area contributed by atoms with Crippen molar-refractivity contribution < 1.29 is 14.6 Å². The number of rotatable bonds is 6. The van der Waals surface area contributed by atoms with Gasteiger partial charge < -0.3 is 15.2 Å². The standard InChI is InChI=1S/C19H23NO3/c1-4-19(2,3)14-8-10-17(11-9-14)23-13-18(22)20-15-6-5-7-16(21)12-15/h5-12,21H,4,13H2,1-3H3,(H,20,22). The Bertz CT molecular complexity index is 663. The minimum atomic E-state index is -0.270. The number of benzene rings is 2. The molecule has 4 nitrogen and oxygen atoms in total. The van der Waals surface area contributed by atoms with Gasteiger partial charge in [-0.1, -0.05) is 39.0 Å². The number of nitrogens with one attached hydrogen (secondary N) is 1. The van der Waals surface area contributed by atoms with Crippen molar-refractivity contribution in [1.29, 1.82) is 0 Å². The summed E-state index contributed by atoms with van der Waals surface area (Å²) < 4.78 is 5.50. The Morgan fingerprint density at radius 1 is 1.17 bits per heavy atom. The second-order valence-corrected chi connectivity index (χ2v) is 6.15. The molecule has 2 rings (SSSR count). The smallest absolute Gasteiger partial charge is 0.262 e. The van der Waals surface area contributed by atoms with E-state index in [1.54, 1.807) is 18.2 Å². The molecule has 0 radical (unpaired) electrons. The molecule has 0 fully saturated rings. The third-order valence-corrected chi connectivity index (χ3v) is 4.02. The maximum Gasteiger partial charge on any atom is 0.262 e. The molecular weight excluding hydrogens is 290 g/mol. The van der Waals surface area contributed by atoms with Crippen LogP contribution >= 0.6 is 0 Å². The molecule has 0 aliphatic heterocycles. The zero-order chi connectivity index (χ0) is 16.9. The lowest BCUT2D eigenvalue weighted by Gasteiger charge is -2.23. The Kier molecular flexibility index (Phi) is 5.27. The van der Waals surface area contributed by atoms with Gasteiger partial charge >= 0.3 is 0 Å². The first kappa shape index (κ1) is 16.9. The van der Waals surface area contributed by atoms with E-state index in [9.17, 15) is 9.90 Å². The van der Waals surface area contributed by atoms with Gasteiger partial charge in [0.25, 0.3) is 5.91 Å². The van der Waals surface area contributed by atoms with Crippen LogP contribution in [0.3, 0.4) is 0 Å². The molecule has 1 amide bonds. The molecular formula is C19H23NO3. The van der Waals surface area contributed by atoms with Crippen molar-refractivity contribution in [2.45, 2.75) is 32.6 Å². The molecule has 0 spiro atoms. The lowest BCUT2D eigenvalue weighted by atomic mass is 9.82. The first-order chi connectivity index (χ1) is 10.9. The molecule has 0 heterocycles. The zero-order valence-electron chi connectivity index (χ0n) is 13.8. The van der Waals surface area contributed by atoms with E-state index in [-0.39, 0.29) is 23.7 Å². The second-order valence-electron chi connectivity index (χ2n) is 6.15. The van der Waals surface area contributed by atoms with Gasteiger partial charge in [0.05, 0.1) is 0 Å². The summed E-state index contributed by atoms with van der Waals surface area (Å²) in [5, 5.41) is 12.0. The number of ether oxygens (including phenoxy) is 1. The summed E-state index contributed by atoms with van der Waals surface area (Å²) in [7, 11) is 0. The van der Waals surface area contributed by atoms with Crippen molar-refractivity contribution in [2.75, 3.05) is 11.9 Å². The minimum Gasteiger partial charge on any atom is -0.508 e. The third-order valence-electron chi connectivity index (χ3n) is 4.02. The Morgan fingerprint density at radius 2 is 1.87 bits per heavy atom. The van der Waals surface area contributed by atoms with Gasteiger partial charge in [0, 0.05) is 11.8 Å². The number of carbonyl (C=O) groups excluding carboxylic acids is 1. The fourth-order valence-electron chi connectivity index (χ4n) is 2.14. The molecule has 0 aromatic heterocycles. The number of anilines is 1. The van der Waals surface area contributed by atoms with Crippen LogP contribution in [0.1, 0.15) is 32.8 Å². The van der Waals surface area contributed by atoms with Crippen LogP contribution in [0.5, 0.6) is 11.5 Å². The van der Waals surface area contributed by atoms with Crippen molar-refractivity contribution in [3.63, 3.8) is 0 Å². The molecule has 0 aliphatic carbocycles. The summed E-state index contributed by atoms with van der Waals surface area (Å²) in [6.07, 6.45) is 1.06. The number of aromatic hydroxyl groups is 1. The van der Waals surface area contributed by atoms with Crippen LogP contribution < -0.4 is 10.1 Å². The van der Waals surface area contributed by atoms with E-state index in [1.165, 1.54) is 11.6 Å². The van der Waals surface area contributed by atoms with Crippen LogP contribution in [0, 0.1) is 0 Å². The quantitative estimate of drug-likeness (QED) is 0.844. The third kappa shape index (κ3) is 4.74. The minimum absolute atomic E-state index is 0.0772. The molecule has 23 heavy (non-hydrogen) atoms. The molecule has 0 atom stereocenters. The van der Waals surface area contributed by atoms with E-state index in [2.05, 4.69) is 26.1 Å². The highest BCUT2D eigenvalue weighted by Gasteiger charge is 2.17. The largest absolute Gasteiger partial charge is 0.508 e. The van der Waals surface area contributed by atoms with Crippen molar-refractivity contribution in [1.82, 2.24) is 0 Å². The first-order valence-electron chi connectivity index (χ1n) is 7.73. The fraction of sp³-hybridized carbons (Fsp3) is 0.316. The van der Waals surface area contributed by atoms with Crippen LogP contribution in [0.4, 0.5) is 5.69 Å². The fourth-order valence-corrected chi connectivity index (χ4v) is 2.14. The molecule has 2 aromatic carbocycles. The lowest BCUT2D eigenvalue weighted by molar-refractivity contribution is -0.118. The number of hydrogen-bond acceptors (Lipinski definition) is 3. The number of phenolic OH excluding ortho intramolecular Hbond substituents is 1. The van der Waals surface area contributed by atoms with Crippen LogP contribution in [-0.2, 0) is 10.2 Å². The maximum absolute atomic E-state index is 11.9. The molecule has 2 aromatic rings. The van der Waals surface area contributed by atoms with Gasteiger partial charge in [-0.25, -0.2) is 0 Å². The first-order valence-corrected chi connectivity index (χ1v) is 7.73. The number of amides is 1. The van der Waals surface area contributed by atoms with E-state index in [0.29, 0.717) is 11.4 Å². The van der Waals surface area contributed by atoms with E-state index >= 15 is 0 Å². The van der Waals surface area contributed by atoms with Gasteiger partial charge in [-0.2, -0.15) is 0 Å². The van der Waals surface area contributed by atoms with Crippen molar-refractivity contribution in [3.05, 3.63) is 54.1 Å². The molecule has 0 bridgehead atoms. The Morgan fingerprint density at radius 3 is 2.48 bits per heavy atom. The average Bonchev–Trinajstić information content (AvgIpc) is 2.53. The van der Waals surface area contributed by atoms with E-state index in [1.807, 2.05) is 24.3 Å². The predicted octanol–water partition coefficient (Wildman–Crippen LogP) is 4.10. The summed E-state index contributed by atoms with van der Waals surface area (Å²) >= 11 is 0. The van der Waals surface area contributed by atoms with Gasteiger partial charge in [-0.3, -0.25) is 4.79 Å². The highest BCUT2D eigenvalue weighted by Crippen LogP contribution is 2.28. The highest BCUT2D eigenvalue weighted by molar-refractivity contribution is 5.92. The van der Waals surface area contributed by atoms with Gasteiger partial charge in [0.15, 0.2) is 6.61 Å². The van der Waals surface area contributed by atoms with Crippen molar-refractivity contribution in [2.24, 2.45) is 0 Å². The van der Waals surface area contributed by atoms with E-state index in [0.717, 1.165) is 6.42 Å². The van der Waals surface area contributed by atoms with Crippen LogP contribution in [-0.4, -0.2) is 17.6 Å². The molecule has 122 valence electrons. The van der Waals surface area contributed by atoms with Crippen molar-refractivity contribution >= 4 is 11.6 Å². The van der Waals surface area contributed by atoms with Crippen LogP contribution in [0.25, 0.3) is 0 Å². The van der Waals surface area contributed by atoms with Crippen molar-refractivity contribution in [3.8, 4) is 11.5 Å². The average molecular weight is 313 g/mol. The predicted molar refractivity (Wildman–Crippen MR) is 92.0 cm³/mol. The Balaban J connectivity index is 1.89. The number of carbonyl (C=O) groups is 1. The summed E-state index contributed by atoms with van der Waals surface area (Å²) in [5.74, 6) is 0.498. The van der Waals surface area contributed by atoms with E-state index in [4.69, 9.17) is 4.74 Å². The van der Waals surface area contributed by atoms with Crippen LogP contribution in [0.2, 0.25) is 0 Å². The zero-order valence-corrected chi connectivity index (χ0v) is 13.8. The molecule has 0 saturated carbocycles. The maximum atomic E-state index is 11.9. The summed E-state index contributed by atoms with van der Waals surface area (Å²) in [6.45, 7) is 6.49. The molecule has 4 heteroatoms. The highest BCUT2D eigenvalue weighted by atomic mass is 16.5. The lowest BCUT2D eigenvalue weighted by Crippen LogP contribution is -2.20. The van der Waals surface area contributed by atoms with Gasteiger partial charge in [0.2, 0.25) is 0 Å². The van der Waals surface area contributed by atoms with Gasteiger partial charge in [-0.15, -0.1) is 0 Å². The summed E-state index contributed by atoms with van der Waals surface area (Å²) in [4.78, 5) is 11.9. The Hall–Kier alpha value is -2.49. The van der Waals surface area contributed by atoms with Gasteiger partial charge in [-0.05, 0) is 41.7 Å². The number of hydrogen-bond donors (Lipinski definition) is 2. The monoisotopic (exact) mass is 313 g/mol. The molecule has 2 N–H and O–H groups in total. The molecule has 0 saturated heterocycles.